The zero-order valence-corrected chi connectivity index (χ0v) is 11.4. The highest BCUT2D eigenvalue weighted by Gasteiger charge is 2.30. The highest BCUT2D eigenvalue weighted by molar-refractivity contribution is 6.33. The number of benzene rings is 1. The molecule has 0 bridgehead atoms. The Hall–Kier alpha value is -1.22. The summed E-state index contributed by atoms with van der Waals surface area (Å²) < 4.78 is 0. The predicted molar refractivity (Wildman–Crippen MR) is 73.5 cm³/mol. The molecule has 1 saturated carbocycles. The summed E-state index contributed by atoms with van der Waals surface area (Å²) in [6.45, 7) is 4.53. The molecule has 2 rings (SSSR count). The van der Waals surface area contributed by atoms with Crippen LogP contribution in [-0.4, -0.2) is 17.1 Å². The molecule has 1 fully saturated rings. The molecule has 0 aliphatic heterocycles. The Morgan fingerprint density at radius 1 is 1.50 bits per heavy atom. The lowest BCUT2D eigenvalue weighted by Gasteiger charge is -2.19. The van der Waals surface area contributed by atoms with Crippen molar-refractivity contribution in [2.24, 2.45) is 5.41 Å². The van der Waals surface area contributed by atoms with E-state index < -0.39 is 5.97 Å². The number of nitrogens with one attached hydrogen (secondary N) is 1. The van der Waals surface area contributed by atoms with Crippen LogP contribution >= 0.6 is 11.6 Å². The lowest BCUT2D eigenvalue weighted by Crippen LogP contribution is -2.17. The lowest BCUT2D eigenvalue weighted by molar-refractivity contribution is 0.0697. The third-order valence-electron chi connectivity index (χ3n) is 3.54. The minimum atomic E-state index is -0.990. The summed E-state index contributed by atoms with van der Waals surface area (Å²) >= 11 is 5.84. The van der Waals surface area contributed by atoms with E-state index in [1.165, 1.54) is 6.42 Å². The van der Waals surface area contributed by atoms with Gasteiger partial charge in [-0.05, 0) is 42.9 Å². The molecule has 18 heavy (non-hydrogen) atoms. The van der Waals surface area contributed by atoms with Gasteiger partial charge in [0, 0.05) is 11.7 Å². The van der Waals surface area contributed by atoms with Gasteiger partial charge < -0.3 is 10.4 Å². The molecule has 1 unspecified atom stereocenters. The van der Waals surface area contributed by atoms with Gasteiger partial charge in [0.25, 0.3) is 0 Å². The van der Waals surface area contributed by atoms with Gasteiger partial charge in [0.05, 0.1) is 10.6 Å². The second-order valence-corrected chi connectivity index (χ2v) is 6.16. The Balaban J connectivity index is 2.11. The van der Waals surface area contributed by atoms with Gasteiger partial charge in [-0.2, -0.15) is 0 Å². The van der Waals surface area contributed by atoms with Gasteiger partial charge >= 0.3 is 5.97 Å². The van der Waals surface area contributed by atoms with Crippen LogP contribution in [-0.2, 0) is 0 Å². The van der Waals surface area contributed by atoms with Gasteiger partial charge in [0.1, 0.15) is 0 Å². The van der Waals surface area contributed by atoms with Gasteiger partial charge in [-0.25, -0.2) is 4.79 Å². The maximum Gasteiger partial charge on any atom is 0.337 e. The van der Waals surface area contributed by atoms with Gasteiger partial charge in [0.2, 0.25) is 0 Å². The summed E-state index contributed by atoms with van der Waals surface area (Å²) in [7, 11) is 0. The van der Waals surface area contributed by atoms with Crippen LogP contribution in [0.25, 0.3) is 0 Å². The molecule has 0 saturated heterocycles. The number of anilines is 1. The van der Waals surface area contributed by atoms with E-state index in [9.17, 15) is 4.79 Å². The van der Waals surface area contributed by atoms with Gasteiger partial charge in [0.15, 0.2) is 0 Å². The average molecular weight is 268 g/mol. The summed E-state index contributed by atoms with van der Waals surface area (Å²) in [5.74, 6) is -0.990. The second-order valence-electron chi connectivity index (χ2n) is 5.75. The van der Waals surface area contributed by atoms with Crippen molar-refractivity contribution in [3.8, 4) is 0 Å². The average Bonchev–Trinajstić information content (AvgIpc) is 2.60. The Bertz CT molecular complexity index is 471. The summed E-state index contributed by atoms with van der Waals surface area (Å²) in [5, 5.41) is 12.7. The van der Waals surface area contributed by atoms with Crippen molar-refractivity contribution in [3.63, 3.8) is 0 Å². The Labute approximate surface area is 112 Å². The normalized spacial score (nSPS) is 21.8. The first-order valence-electron chi connectivity index (χ1n) is 6.17. The summed E-state index contributed by atoms with van der Waals surface area (Å²) in [5.41, 5.74) is 1.36. The van der Waals surface area contributed by atoms with Gasteiger partial charge in [-0.3, -0.25) is 0 Å². The van der Waals surface area contributed by atoms with Gasteiger partial charge in [-0.15, -0.1) is 0 Å². The molecule has 0 spiro atoms. The van der Waals surface area contributed by atoms with Crippen LogP contribution in [0.2, 0.25) is 5.02 Å². The number of carbonyl (C=O) groups is 1. The molecule has 0 aromatic heterocycles. The van der Waals surface area contributed by atoms with E-state index in [2.05, 4.69) is 19.2 Å². The SMILES string of the molecule is CC1(C)CCC(Nc2ccc(Cl)c(C(=O)O)c2)C1. The first-order valence-corrected chi connectivity index (χ1v) is 6.54. The topological polar surface area (TPSA) is 49.3 Å². The zero-order valence-electron chi connectivity index (χ0n) is 10.7. The molecule has 0 radical (unpaired) electrons. The number of aromatic carboxylic acids is 1. The van der Waals surface area contributed by atoms with E-state index in [1.54, 1.807) is 12.1 Å². The Morgan fingerprint density at radius 3 is 2.78 bits per heavy atom. The summed E-state index contributed by atoms with van der Waals surface area (Å²) in [6, 6.07) is 5.49. The van der Waals surface area contributed by atoms with E-state index in [1.807, 2.05) is 6.07 Å². The predicted octanol–water partition coefficient (Wildman–Crippen LogP) is 4.03. The van der Waals surface area contributed by atoms with Crippen molar-refractivity contribution in [3.05, 3.63) is 28.8 Å². The van der Waals surface area contributed by atoms with E-state index in [-0.39, 0.29) is 10.6 Å². The fourth-order valence-corrected chi connectivity index (χ4v) is 2.77. The van der Waals surface area contributed by atoms with Crippen molar-refractivity contribution in [2.45, 2.75) is 39.2 Å². The number of hydrogen-bond acceptors (Lipinski definition) is 2. The lowest BCUT2D eigenvalue weighted by atomic mass is 9.92. The van der Waals surface area contributed by atoms with Crippen LogP contribution in [0.5, 0.6) is 0 Å². The third-order valence-corrected chi connectivity index (χ3v) is 3.87. The van der Waals surface area contributed by atoms with Crippen molar-refractivity contribution in [1.82, 2.24) is 0 Å². The molecule has 1 aromatic carbocycles. The van der Waals surface area contributed by atoms with Crippen LogP contribution in [0.4, 0.5) is 5.69 Å². The fourth-order valence-electron chi connectivity index (χ4n) is 2.57. The van der Waals surface area contributed by atoms with E-state index in [0.717, 1.165) is 18.5 Å². The Kier molecular flexibility index (Phi) is 3.53. The number of rotatable bonds is 3. The van der Waals surface area contributed by atoms with Crippen molar-refractivity contribution < 1.29 is 9.90 Å². The van der Waals surface area contributed by atoms with Crippen molar-refractivity contribution in [1.29, 1.82) is 0 Å². The molecule has 3 nitrogen and oxygen atoms in total. The molecule has 1 atom stereocenters. The van der Waals surface area contributed by atoms with Crippen LogP contribution in [0.1, 0.15) is 43.5 Å². The van der Waals surface area contributed by atoms with Crippen LogP contribution < -0.4 is 5.32 Å². The summed E-state index contributed by atoms with van der Waals surface area (Å²) in [6.07, 6.45) is 3.43. The molecule has 1 aliphatic rings. The minimum Gasteiger partial charge on any atom is -0.478 e. The first-order chi connectivity index (χ1) is 8.37. The van der Waals surface area contributed by atoms with Gasteiger partial charge in [-0.1, -0.05) is 25.4 Å². The summed E-state index contributed by atoms with van der Waals surface area (Å²) in [4.78, 5) is 11.0. The highest BCUT2D eigenvalue weighted by Crippen LogP contribution is 2.38. The van der Waals surface area contributed by atoms with Crippen LogP contribution in [0.15, 0.2) is 18.2 Å². The maximum absolute atomic E-state index is 11.0. The third kappa shape index (κ3) is 2.96. The molecular formula is C14H18ClNO2. The number of hydrogen-bond donors (Lipinski definition) is 2. The number of halogens is 1. The zero-order chi connectivity index (χ0) is 13.3. The molecule has 4 heteroatoms. The Morgan fingerprint density at radius 2 is 2.22 bits per heavy atom. The monoisotopic (exact) mass is 267 g/mol. The van der Waals surface area contributed by atoms with Crippen molar-refractivity contribution >= 4 is 23.3 Å². The molecule has 1 aliphatic carbocycles. The number of carboxylic acid groups (broad SMARTS) is 1. The molecule has 2 N–H and O–H groups in total. The maximum atomic E-state index is 11.0. The highest BCUT2D eigenvalue weighted by atomic mass is 35.5. The molecule has 0 heterocycles. The minimum absolute atomic E-state index is 0.152. The first kappa shape index (κ1) is 13.2. The van der Waals surface area contributed by atoms with Crippen molar-refractivity contribution in [2.75, 3.05) is 5.32 Å². The smallest absolute Gasteiger partial charge is 0.337 e. The second kappa shape index (κ2) is 4.81. The van der Waals surface area contributed by atoms with E-state index in [0.29, 0.717) is 11.5 Å². The van der Waals surface area contributed by atoms with Crippen LogP contribution in [0, 0.1) is 5.41 Å². The van der Waals surface area contributed by atoms with E-state index in [4.69, 9.17) is 16.7 Å². The fraction of sp³-hybridized carbons (Fsp3) is 0.500. The number of carboxylic acids is 1. The van der Waals surface area contributed by atoms with E-state index >= 15 is 0 Å². The quantitative estimate of drug-likeness (QED) is 0.869. The molecule has 1 aromatic rings. The standard InChI is InChI=1S/C14H18ClNO2/c1-14(2)6-5-10(8-14)16-9-3-4-12(15)11(7-9)13(17)18/h3-4,7,10,16H,5-6,8H2,1-2H3,(H,17,18). The molecular weight excluding hydrogens is 250 g/mol. The largest absolute Gasteiger partial charge is 0.478 e. The molecule has 98 valence electrons. The molecule has 0 amide bonds. The van der Waals surface area contributed by atoms with Crippen LogP contribution in [0.3, 0.4) is 0 Å².